The Morgan fingerprint density at radius 1 is 1.37 bits per heavy atom. The Kier molecular flexibility index (Phi) is 7.77. The Hall–Kier alpha value is -2.06. The van der Waals surface area contributed by atoms with E-state index in [1.165, 1.54) is 18.2 Å². The maximum atomic E-state index is 13.1. The Morgan fingerprint density at radius 3 is 2.80 bits per heavy atom. The third-order valence-electron chi connectivity index (χ3n) is 4.77. The van der Waals surface area contributed by atoms with Gasteiger partial charge in [0.25, 0.3) is 5.91 Å². The first kappa shape index (κ1) is 22.6. The highest BCUT2D eigenvalue weighted by atomic mass is 35.5. The van der Waals surface area contributed by atoms with Crippen LogP contribution in [0.3, 0.4) is 0 Å². The summed E-state index contributed by atoms with van der Waals surface area (Å²) >= 11 is 12.3. The zero-order chi connectivity index (χ0) is 21.7. The smallest absolute Gasteiger partial charge is 0.255 e. The van der Waals surface area contributed by atoms with Gasteiger partial charge in [0.15, 0.2) is 5.75 Å². The molecule has 1 aliphatic heterocycles. The predicted octanol–water partition coefficient (Wildman–Crippen LogP) is 3.74. The van der Waals surface area contributed by atoms with Gasteiger partial charge >= 0.3 is 0 Å². The van der Waals surface area contributed by atoms with Gasteiger partial charge < -0.3 is 20.5 Å². The lowest BCUT2D eigenvalue weighted by Gasteiger charge is -2.33. The van der Waals surface area contributed by atoms with E-state index in [1.807, 2.05) is 0 Å². The monoisotopic (exact) mass is 455 g/mol. The summed E-state index contributed by atoms with van der Waals surface area (Å²) in [6, 6.07) is 7.89. The van der Waals surface area contributed by atoms with Crippen molar-refractivity contribution >= 4 is 34.8 Å². The van der Waals surface area contributed by atoms with Crippen LogP contribution in [-0.2, 0) is 11.3 Å². The van der Waals surface area contributed by atoms with Gasteiger partial charge in [0, 0.05) is 26.2 Å². The van der Waals surface area contributed by atoms with Crippen molar-refractivity contribution in [1.29, 1.82) is 0 Å². The van der Waals surface area contributed by atoms with Gasteiger partial charge in [-0.05, 0) is 30.7 Å². The van der Waals surface area contributed by atoms with Crippen molar-refractivity contribution in [2.24, 2.45) is 0 Å². The number of benzene rings is 2. The van der Waals surface area contributed by atoms with Crippen LogP contribution in [0.4, 0.5) is 10.1 Å². The summed E-state index contributed by atoms with van der Waals surface area (Å²) in [6.07, 6.45) is -0.182. The molecule has 1 heterocycles. The molecule has 1 aliphatic rings. The van der Waals surface area contributed by atoms with Crippen LogP contribution in [0.15, 0.2) is 30.3 Å². The maximum Gasteiger partial charge on any atom is 0.255 e. The predicted molar refractivity (Wildman–Crippen MR) is 116 cm³/mol. The van der Waals surface area contributed by atoms with Crippen LogP contribution in [0.5, 0.6) is 5.75 Å². The number of ether oxygens (including phenoxy) is 2. The van der Waals surface area contributed by atoms with Gasteiger partial charge in [0.1, 0.15) is 10.8 Å². The Morgan fingerprint density at radius 2 is 2.10 bits per heavy atom. The minimum absolute atomic E-state index is 0.119. The summed E-state index contributed by atoms with van der Waals surface area (Å²) in [6.45, 7) is 5.05. The number of hydrogen-bond donors (Lipinski definition) is 2. The number of amides is 1. The van der Waals surface area contributed by atoms with E-state index in [9.17, 15) is 9.18 Å². The zero-order valence-electron chi connectivity index (χ0n) is 16.6. The van der Waals surface area contributed by atoms with Crippen LogP contribution in [-0.4, -0.2) is 49.8 Å². The third kappa shape index (κ3) is 5.55. The minimum atomic E-state index is -0.374. The molecular weight excluding hydrogens is 432 g/mol. The third-order valence-corrected chi connectivity index (χ3v) is 5.46. The molecule has 0 radical (unpaired) electrons. The van der Waals surface area contributed by atoms with Crippen LogP contribution in [0.2, 0.25) is 10.0 Å². The number of anilines is 1. The Balaban J connectivity index is 1.61. The van der Waals surface area contributed by atoms with Gasteiger partial charge in [-0.3, -0.25) is 9.69 Å². The van der Waals surface area contributed by atoms with Crippen LogP contribution >= 0.6 is 23.2 Å². The number of hydrogen-bond acceptors (Lipinski definition) is 5. The molecule has 0 spiro atoms. The zero-order valence-corrected chi connectivity index (χ0v) is 18.1. The normalized spacial score (nSPS) is 17.0. The van der Waals surface area contributed by atoms with Gasteiger partial charge in [0.2, 0.25) is 0 Å². The second-order valence-electron chi connectivity index (χ2n) is 6.96. The molecule has 9 heteroatoms. The quantitative estimate of drug-likeness (QED) is 0.621. The average molecular weight is 456 g/mol. The molecule has 1 atom stereocenters. The summed E-state index contributed by atoms with van der Waals surface area (Å²) < 4.78 is 24.4. The van der Waals surface area contributed by atoms with E-state index < -0.39 is 0 Å². The fraction of sp³-hybridized carbons (Fsp3) is 0.381. The molecule has 30 heavy (non-hydrogen) atoms. The summed E-state index contributed by atoms with van der Waals surface area (Å²) in [5, 5.41) is 3.16. The minimum Gasteiger partial charge on any atom is -0.491 e. The fourth-order valence-corrected chi connectivity index (χ4v) is 3.78. The largest absolute Gasteiger partial charge is 0.491 e. The Bertz CT molecular complexity index is 896. The van der Waals surface area contributed by atoms with Crippen LogP contribution in [0, 0.1) is 5.82 Å². The molecule has 0 saturated carbocycles. The van der Waals surface area contributed by atoms with E-state index in [4.69, 9.17) is 38.4 Å². The first-order valence-electron chi connectivity index (χ1n) is 9.66. The summed E-state index contributed by atoms with van der Waals surface area (Å²) in [5.74, 6) is -0.418. The highest BCUT2D eigenvalue weighted by Gasteiger charge is 2.24. The summed E-state index contributed by atoms with van der Waals surface area (Å²) in [4.78, 5) is 15.0. The van der Waals surface area contributed by atoms with E-state index in [0.29, 0.717) is 32.8 Å². The molecule has 0 aromatic heterocycles. The fourth-order valence-electron chi connectivity index (χ4n) is 3.27. The standard InChI is InChI=1S/C21H24Cl2FN3O3/c1-2-29-20-16(9-17(22)19(25)18(20)23)21(28)26-10-15-12-27(7-8-30-15)11-13-3-5-14(24)6-4-13/h3-6,9,15H,2,7-8,10-12,25H2,1H3,(H,26,28). The van der Waals surface area contributed by atoms with Crippen LogP contribution in [0.1, 0.15) is 22.8 Å². The van der Waals surface area contributed by atoms with Gasteiger partial charge in [-0.1, -0.05) is 35.3 Å². The SMILES string of the molecule is CCOc1c(C(=O)NCC2CN(Cc3ccc(F)cc3)CCO2)cc(Cl)c(N)c1Cl. The number of carbonyl (C=O) groups is 1. The molecule has 0 aliphatic carbocycles. The average Bonchev–Trinajstić information content (AvgIpc) is 2.74. The van der Waals surface area contributed by atoms with Crippen molar-refractivity contribution in [2.45, 2.75) is 19.6 Å². The highest BCUT2D eigenvalue weighted by Crippen LogP contribution is 2.39. The van der Waals surface area contributed by atoms with Crippen molar-refractivity contribution in [3.63, 3.8) is 0 Å². The number of nitrogens with one attached hydrogen (secondary N) is 1. The molecule has 162 valence electrons. The molecule has 3 N–H and O–H groups in total. The number of rotatable bonds is 7. The van der Waals surface area contributed by atoms with Crippen molar-refractivity contribution < 1.29 is 18.7 Å². The lowest BCUT2D eigenvalue weighted by atomic mass is 10.1. The summed E-state index contributed by atoms with van der Waals surface area (Å²) in [5.41, 5.74) is 7.25. The molecule has 2 aromatic carbocycles. The van der Waals surface area contributed by atoms with Crippen molar-refractivity contribution in [3.8, 4) is 5.75 Å². The van der Waals surface area contributed by atoms with E-state index in [2.05, 4.69) is 10.2 Å². The number of nitrogens with zero attached hydrogens (tertiary/aromatic N) is 1. The molecule has 1 fully saturated rings. The highest BCUT2D eigenvalue weighted by molar-refractivity contribution is 6.40. The van der Waals surface area contributed by atoms with E-state index in [-0.39, 0.29) is 44.9 Å². The maximum absolute atomic E-state index is 13.1. The first-order valence-corrected chi connectivity index (χ1v) is 10.4. The van der Waals surface area contributed by atoms with Crippen LogP contribution in [0.25, 0.3) is 0 Å². The van der Waals surface area contributed by atoms with Crippen molar-refractivity contribution in [3.05, 3.63) is 57.3 Å². The number of morpholine rings is 1. The summed E-state index contributed by atoms with van der Waals surface area (Å²) in [7, 11) is 0. The second kappa shape index (κ2) is 10.3. The first-order chi connectivity index (χ1) is 14.4. The topological polar surface area (TPSA) is 76.8 Å². The molecule has 3 rings (SSSR count). The Labute approximate surface area is 185 Å². The van der Waals surface area contributed by atoms with Crippen molar-refractivity contribution in [2.75, 3.05) is 38.6 Å². The molecule has 1 saturated heterocycles. The lowest BCUT2D eigenvalue weighted by Crippen LogP contribution is -2.47. The number of nitrogens with two attached hydrogens (primary N) is 1. The number of nitrogen functional groups attached to an aromatic ring is 1. The molecule has 2 aromatic rings. The van der Waals surface area contributed by atoms with Gasteiger partial charge in [-0.15, -0.1) is 0 Å². The van der Waals surface area contributed by atoms with E-state index >= 15 is 0 Å². The van der Waals surface area contributed by atoms with E-state index in [1.54, 1.807) is 19.1 Å². The second-order valence-corrected chi connectivity index (χ2v) is 7.75. The van der Waals surface area contributed by atoms with Crippen LogP contribution < -0.4 is 15.8 Å². The lowest BCUT2D eigenvalue weighted by molar-refractivity contribution is -0.0292. The molecule has 1 amide bonds. The number of halogens is 3. The molecular formula is C21H24Cl2FN3O3. The van der Waals surface area contributed by atoms with Gasteiger partial charge in [-0.2, -0.15) is 0 Å². The molecule has 1 unspecified atom stereocenters. The molecule has 6 nitrogen and oxygen atoms in total. The van der Waals surface area contributed by atoms with Gasteiger partial charge in [-0.25, -0.2) is 4.39 Å². The number of carbonyl (C=O) groups excluding carboxylic acids is 1. The van der Waals surface area contributed by atoms with E-state index in [0.717, 1.165) is 12.1 Å². The van der Waals surface area contributed by atoms with Gasteiger partial charge in [0.05, 0.1) is 35.6 Å². The van der Waals surface area contributed by atoms with Crippen molar-refractivity contribution in [1.82, 2.24) is 10.2 Å². The molecule has 0 bridgehead atoms.